The van der Waals surface area contributed by atoms with Crippen LogP contribution in [0.2, 0.25) is 0 Å². The Morgan fingerprint density at radius 1 is 0.826 bits per heavy atom. The number of halogens is 7. The summed E-state index contributed by atoms with van der Waals surface area (Å²) in [7, 11) is 1.39. The van der Waals surface area contributed by atoms with Crippen LogP contribution in [0.15, 0.2) is 24.3 Å². The average Bonchev–Trinajstić information content (AvgIpc) is 2.49. The van der Waals surface area contributed by atoms with Crippen molar-refractivity contribution < 1.29 is 55.2 Å². The van der Waals surface area contributed by atoms with Crippen molar-refractivity contribution in [3.8, 4) is 5.75 Å². The van der Waals surface area contributed by atoms with Gasteiger partial charge in [-0.05, 0) is 0 Å². The minimum atomic E-state index is -5.54. The molecule has 0 N–H and O–H groups in total. The molecule has 129 valence electrons. The number of ether oxygens (including phenoxy) is 1. The van der Waals surface area contributed by atoms with E-state index in [0.717, 1.165) is 0 Å². The summed E-state index contributed by atoms with van der Waals surface area (Å²) in [6.07, 6.45) is -5.54. The van der Waals surface area contributed by atoms with E-state index in [1.54, 1.807) is 0 Å². The van der Waals surface area contributed by atoms with Gasteiger partial charge in [0.2, 0.25) is 0 Å². The van der Waals surface area contributed by atoms with Gasteiger partial charge in [0.25, 0.3) is 0 Å². The van der Waals surface area contributed by atoms with Crippen LogP contribution in [-0.2, 0) is 25.9 Å². The molecule has 0 saturated heterocycles. The van der Waals surface area contributed by atoms with Gasteiger partial charge in [-0.1, -0.05) is 0 Å². The molecule has 0 fully saturated rings. The number of methoxy groups -OCH3 is 1. The molecule has 0 atom stereocenters. The fourth-order valence-electron chi connectivity index (χ4n) is 1.60. The Morgan fingerprint density at radius 3 is 1.70 bits per heavy atom. The molecule has 0 unspecified atom stereocenters. The van der Waals surface area contributed by atoms with Gasteiger partial charge < -0.3 is 0 Å². The Morgan fingerprint density at radius 2 is 1.30 bits per heavy atom. The van der Waals surface area contributed by atoms with E-state index in [-0.39, 0.29) is 0 Å². The molecule has 0 heterocycles. The van der Waals surface area contributed by atoms with Crippen LogP contribution < -0.4 is 12.3 Å². The summed E-state index contributed by atoms with van der Waals surface area (Å²) in [6, 6.07) is 5.73. The summed E-state index contributed by atoms with van der Waals surface area (Å²) < 4.78 is 96.3. The van der Waals surface area contributed by atoms with Crippen molar-refractivity contribution in [2.75, 3.05) is 7.11 Å². The van der Waals surface area contributed by atoms with E-state index in [9.17, 15) is 30.7 Å². The maximum absolute atomic E-state index is 13.8. The molecular formula is C14H7AuF7O. The average molecular weight is 521 g/mol. The van der Waals surface area contributed by atoms with Gasteiger partial charge in [0.05, 0.1) is 0 Å². The predicted octanol–water partition coefficient (Wildman–Crippen LogP) is 3.30. The number of hydrogen-bond acceptors (Lipinski definition) is 1. The summed E-state index contributed by atoms with van der Waals surface area (Å²) in [5, 5.41) is 0. The Kier molecular flexibility index (Phi) is 5.07. The van der Waals surface area contributed by atoms with Gasteiger partial charge in [0.15, 0.2) is 0 Å². The fraction of sp³-hybridized carbons (Fsp3) is 0.143. The van der Waals surface area contributed by atoms with Crippen LogP contribution in [0.5, 0.6) is 5.75 Å². The van der Waals surface area contributed by atoms with Crippen LogP contribution >= 0.6 is 0 Å². The van der Waals surface area contributed by atoms with E-state index >= 15 is 0 Å². The third-order valence-corrected chi connectivity index (χ3v) is 5.49. The molecule has 0 aliphatic carbocycles. The van der Waals surface area contributed by atoms with E-state index in [2.05, 4.69) is 0 Å². The summed E-state index contributed by atoms with van der Waals surface area (Å²) >= 11 is -1.64. The maximum atomic E-state index is 13.8. The zero-order valence-electron chi connectivity index (χ0n) is 11.2. The molecule has 0 radical (unpaired) electrons. The number of rotatable bonds is 3. The molecule has 0 saturated carbocycles. The first-order valence-electron chi connectivity index (χ1n) is 5.81. The molecule has 2 aromatic carbocycles. The van der Waals surface area contributed by atoms with Crippen molar-refractivity contribution in [2.45, 2.75) is 6.18 Å². The molecule has 2 rings (SSSR count). The third-order valence-electron chi connectivity index (χ3n) is 2.65. The number of hydrogen-bond donors (Lipinski definition) is 0. The Labute approximate surface area is 135 Å². The topological polar surface area (TPSA) is 9.23 Å². The van der Waals surface area contributed by atoms with Crippen LogP contribution in [-0.4, -0.2) is 7.11 Å². The molecule has 0 aliphatic heterocycles. The van der Waals surface area contributed by atoms with Crippen LogP contribution in [0.4, 0.5) is 30.7 Å². The van der Waals surface area contributed by atoms with E-state index in [0.29, 0.717) is 9.53 Å². The summed E-state index contributed by atoms with van der Waals surface area (Å²) in [4.78, 5) is 0. The molecule has 0 spiro atoms. The molecular weight excluding hydrogens is 514 g/mol. The second-order valence-electron chi connectivity index (χ2n) is 4.09. The summed E-state index contributed by atoms with van der Waals surface area (Å²) in [6.45, 7) is 0. The quantitative estimate of drug-likeness (QED) is 0.343. The summed E-state index contributed by atoms with van der Waals surface area (Å²) in [5.74, 6) is -8.46. The van der Waals surface area contributed by atoms with Crippen molar-refractivity contribution in [3.05, 3.63) is 53.1 Å². The van der Waals surface area contributed by atoms with Gasteiger partial charge in [0.1, 0.15) is 0 Å². The SMILES string of the molecule is COc1cc[c]([Au][c]2c(F)c(F)c(C(F)(F)F)c(F)c2F)cc1. The van der Waals surface area contributed by atoms with Crippen molar-refractivity contribution in [2.24, 2.45) is 0 Å². The number of benzene rings is 2. The predicted molar refractivity (Wildman–Crippen MR) is 63.5 cm³/mol. The van der Waals surface area contributed by atoms with Crippen LogP contribution in [0.25, 0.3) is 0 Å². The van der Waals surface area contributed by atoms with Gasteiger partial charge in [0, 0.05) is 0 Å². The molecule has 2 aromatic rings. The fourth-order valence-corrected chi connectivity index (χ4v) is 3.90. The molecule has 9 heteroatoms. The van der Waals surface area contributed by atoms with Gasteiger partial charge in [-0.2, -0.15) is 0 Å². The van der Waals surface area contributed by atoms with Gasteiger partial charge >= 0.3 is 135 Å². The second-order valence-corrected chi connectivity index (χ2v) is 6.97. The normalized spacial score (nSPS) is 11.8. The van der Waals surface area contributed by atoms with E-state index in [1.807, 2.05) is 0 Å². The molecule has 0 aromatic heterocycles. The third kappa shape index (κ3) is 3.54. The first-order valence-corrected chi connectivity index (χ1v) is 7.97. The second kappa shape index (κ2) is 6.54. The Balaban J connectivity index is 2.51. The number of alkyl halides is 3. The van der Waals surface area contributed by atoms with Crippen LogP contribution in [0, 0.1) is 23.3 Å². The van der Waals surface area contributed by atoms with Gasteiger partial charge in [-0.25, -0.2) is 0 Å². The molecule has 1 nitrogen and oxygen atoms in total. The Hall–Kier alpha value is -1.51. The first-order chi connectivity index (χ1) is 10.7. The molecule has 0 bridgehead atoms. The van der Waals surface area contributed by atoms with E-state index in [1.165, 1.54) is 31.4 Å². The van der Waals surface area contributed by atoms with Gasteiger partial charge in [-0.15, -0.1) is 0 Å². The minimum absolute atomic E-state index is 0.335. The zero-order valence-corrected chi connectivity index (χ0v) is 13.3. The molecule has 0 aliphatic rings. The Bertz CT molecular complexity index is 696. The van der Waals surface area contributed by atoms with Crippen molar-refractivity contribution in [1.82, 2.24) is 0 Å². The van der Waals surface area contributed by atoms with Gasteiger partial charge in [-0.3, -0.25) is 0 Å². The standard InChI is InChI=1S/C7F7.C7H7O.Au/c8-2-1-3(9)6(11)4(5(2)10)7(12,13)14;1-8-7-5-3-2-4-6-7;/h;3-6H,1H3;. The summed E-state index contributed by atoms with van der Waals surface area (Å²) in [5.41, 5.74) is -2.56. The molecule has 0 amide bonds. The van der Waals surface area contributed by atoms with Crippen molar-refractivity contribution >= 4 is 7.56 Å². The van der Waals surface area contributed by atoms with Crippen molar-refractivity contribution in [3.63, 3.8) is 0 Å². The van der Waals surface area contributed by atoms with E-state index in [4.69, 9.17) is 4.74 Å². The molecule has 23 heavy (non-hydrogen) atoms. The zero-order chi connectivity index (χ0) is 17.4. The van der Waals surface area contributed by atoms with Crippen LogP contribution in [0.1, 0.15) is 5.56 Å². The van der Waals surface area contributed by atoms with Crippen LogP contribution in [0.3, 0.4) is 0 Å². The van der Waals surface area contributed by atoms with E-state index < -0.39 is 58.5 Å². The monoisotopic (exact) mass is 521 g/mol. The van der Waals surface area contributed by atoms with Crippen molar-refractivity contribution in [1.29, 1.82) is 0 Å². The first kappa shape index (κ1) is 17.8.